The molecular formula is C17H21N5O2. The molecule has 3 heterocycles. The van der Waals surface area contributed by atoms with Gasteiger partial charge in [-0.05, 0) is 44.0 Å². The van der Waals surface area contributed by atoms with Crippen LogP contribution in [0.25, 0.3) is 0 Å². The average Bonchev–Trinajstić information content (AvgIpc) is 2.61. The molecule has 2 aromatic rings. The van der Waals surface area contributed by atoms with Gasteiger partial charge in [-0.25, -0.2) is 4.98 Å². The number of carbonyl (C=O) groups is 1. The SMILES string of the molecule is Cc1ccc(N2CCCC(N(C)C(=O)c3ncccc3O)C2)nn1. The van der Waals surface area contributed by atoms with Gasteiger partial charge in [-0.15, -0.1) is 5.10 Å². The third kappa shape index (κ3) is 3.29. The zero-order valence-electron chi connectivity index (χ0n) is 13.9. The zero-order valence-corrected chi connectivity index (χ0v) is 13.9. The summed E-state index contributed by atoms with van der Waals surface area (Å²) < 4.78 is 0. The van der Waals surface area contributed by atoms with Gasteiger partial charge in [0.25, 0.3) is 5.91 Å². The molecule has 7 nitrogen and oxygen atoms in total. The van der Waals surface area contributed by atoms with E-state index in [1.54, 1.807) is 18.0 Å². The molecule has 1 fully saturated rings. The summed E-state index contributed by atoms with van der Waals surface area (Å²) in [6.07, 6.45) is 3.38. The van der Waals surface area contributed by atoms with Crippen molar-refractivity contribution in [2.24, 2.45) is 0 Å². The van der Waals surface area contributed by atoms with Crippen molar-refractivity contribution in [3.63, 3.8) is 0 Å². The Labute approximate surface area is 141 Å². The van der Waals surface area contributed by atoms with Crippen molar-refractivity contribution >= 4 is 11.7 Å². The Morgan fingerprint density at radius 1 is 1.33 bits per heavy atom. The first-order valence-corrected chi connectivity index (χ1v) is 8.02. The molecule has 7 heteroatoms. The zero-order chi connectivity index (χ0) is 17.1. The van der Waals surface area contributed by atoms with Gasteiger partial charge < -0.3 is 14.9 Å². The van der Waals surface area contributed by atoms with E-state index in [1.165, 1.54) is 12.3 Å². The average molecular weight is 327 g/mol. The van der Waals surface area contributed by atoms with Gasteiger partial charge in [0.15, 0.2) is 11.5 Å². The van der Waals surface area contributed by atoms with Crippen LogP contribution < -0.4 is 4.90 Å². The predicted molar refractivity (Wildman–Crippen MR) is 90.0 cm³/mol. The summed E-state index contributed by atoms with van der Waals surface area (Å²) >= 11 is 0. The number of amides is 1. The molecule has 1 unspecified atom stereocenters. The van der Waals surface area contributed by atoms with Crippen LogP contribution in [0.3, 0.4) is 0 Å². The molecule has 2 aromatic heterocycles. The van der Waals surface area contributed by atoms with E-state index in [2.05, 4.69) is 20.1 Å². The van der Waals surface area contributed by atoms with E-state index in [9.17, 15) is 9.90 Å². The fourth-order valence-corrected chi connectivity index (χ4v) is 2.93. The fraction of sp³-hybridized carbons (Fsp3) is 0.412. The van der Waals surface area contributed by atoms with Crippen LogP contribution in [-0.2, 0) is 0 Å². The summed E-state index contributed by atoms with van der Waals surface area (Å²) in [4.78, 5) is 20.4. The van der Waals surface area contributed by atoms with Crippen LogP contribution in [0.2, 0.25) is 0 Å². The highest BCUT2D eigenvalue weighted by Crippen LogP contribution is 2.22. The normalized spacial score (nSPS) is 17.6. The van der Waals surface area contributed by atoms with Gasteiger partial charge in [-0.3, -0.25) is 4.79 Å². The quantitative estimate of drug-likeness (QED) is 0.922. The van der Waals surface area contributed by atoms with Crippen LogP contribution in [0.4, 0.5) is 5.82 Å². The molecule has 1 saturated heterocycles. The molecule has 1 N–H and O–H groups in total. The van der Waals surface area contributed by atoms with E-state index in [0.29, 0.717) is 6.54 Å². The van der Waals surface area contributed by atoms with Crippen LogP contribution in [0.5, 0.6) is 5.75 Å². The van der Waals surface area contributed by atoms with Crippen molar-refractivity contribution < 1.29 is 9.90 Å². The number of nitrogens with zero attached hydrogens (tertiary/aromatic N) is 5. The van der Waals surface area contributed by atoms with Gasteiger partial charge in [0.2, 0.25) is 0 Å². The Bertz CT molecular complexity index is 719. The van der Waals surface area contributed by atoms with E-state index >= 15 is 0 Å². The molecule has 0 radical (unpaired) electrons. The minimum atomic E-state index is -0.269. The van der Waals surface area contributed by atoms with E-state index in [1.807, 2.05) is 19.1 Å². The maximum absolute atomic E-state index is 12.6. The van der Waals surface area contributed by atoms with Gasteiger partial charge in [0.05, 0.1) is 5.69 Å². The van der Waals surface area contributed by atoms with Crippen molar-refractivity contribution in [3.8, 4) is 5.75 Å². The lowest BCUT2D eigenvalue weighted by molar-refractivity contribution is 0.0708. The Morgan fingerprint density at radius 2 is 2.17 bits per heavy atom. The summed E-state index contributed by atoms with van der Waals surface area (Å²) in [5.41, 5.74) is 0.970. The summed E-state index contributed by atoms with van der Waals surface area (Å²) in [6, 6.07) is 7.01. The first kappa shape index (κ1) is 16.2. The third-order valence-corrected chi connectivity index (χ3v) is 4.36. The number of rotatable bonds is 3. The molecule has 126 valence electrons. The highest BCUT2D eigenvalue weighted by Gasteiger charge is 2.29. The maximum Gasteiger partial charge on any atom is 0.276 e. The van der Waals surface area contributed by atoms with Crippen LogP contribution in [0.1, 0.15) is 29.0 Å². The van der Waals surface area contributed by atoms with Gasteiger partial charge >= 0.3 is 0 Å². The number of likely N-dealkylation sites (N-methyl/N-ethyl adjacent to an activating group) is 1. The smallest absolute Gasteiger partial charge is 0.276 e. The number of aromatic nitrogens is 3. The maximum atomic E-state index is 12.6. The Morgan fingerprint density at radius 3 is 2.88 bits per heavy atom. The number of aromatic hydroxyl groups is 1. The van der Waals surface area contributed by atoms with Gasteiger partial charge in [0, 0.05) is 32.4 Å². The summed E-state index contributed by atoms with van der Waals surface area (Å²) in [5, 5.41) is 18.2. The number of pyridine rings is 1. The second kappa shape index (κ2) is 6.82. The molecule has 0 spiro atoms. The molecule has 0 aliphatic carbocycles. The molecule has 1 amide bonds. The van der Waals surface area contributed by atoms with Crippen LogP contribution in [-0.4, -0.2) is 57.3 Å². The molecule has 1 aliphatic rings. The number of carbonyl (C=O) groups excluding carboxylic acids is 1. The lowest BCUT2D eigenvalue weighted by atomic mass is 10.0. The predicted octanol–water partition coefficient (Wildman–Crippen LogP) is 1.63. The standard InChI is InChI=1S/C17H21N5O2/c1-12-7-8-15(20-19-12)22-10-4-5-13(11-22)21(2)17(24)16-14(23)6-3-9-18-16/h3,6-9,13,23H,4-5,10-11H2,1-2H3. The summed E-state index contributed by atoms with van der Waals surface area (Å²) in [6.45, 7) is 3.49. The lowest BCUT2D eigenvalue weighted by Crippen LogP contribution is -2.49. The van der Waals surface area contributed by atoms with Crippen LogP contribution in [0, 0.1) is 6.92 Å². The van der Waals surface area contributed by atoms with Gasteiger partial charge in [-0.1, -0.05) is 0 Å². The van der Waals surface area contributed by atoms with Crippen molar-refractivity contribution in [3.05, 3.63) is 41.9 Å². The fourth-order valence-electron chi connectivity index (χ4n) is 2.93. The van der Waals surface area contributed by atoms with E-state index in [-0.39, 0.29) is 23.4 Å². The van der Waals surface area contributed by atoms with E-state index < -0.39 is 0 Å². The van der Waals surface area contributed by atoms with Gasteiger partial charge in [0.1, 0.15) is 5.75 Å². The van der Waals surface area contributed by atoms with Crippen molar-refractivity contribution in [2.75, 3.05) is 25.0 Å². The van der Waals surface area contributed by atoms with Crippen molar-refractivity contribution in [1.82, 2.24) is 20.1 Å². The molecule has 3 rings (SSSR count). The molecular weight excluding hydrogens is 306 g/mol. The van der Waals surface area contributed by atoms with Crippen LogP contribution >= 0.6 is 0 Å². The molecule has 0 saturated carbocycles. The number of aryl methyl sites for hydroxylation is 1. The molecule has 1 atom stereocenters. The van der Waals surface area contributed by atoms with Crippen molar-refractivity contribution in [1.29, 1.82) is 0 Å². The Kier molecular flexibility index (Phi) is 4.59. The van der Waals surface area contributed by atoms with E-state index in [0.717, 1.165) is 30.9 Å². The second-order valence-corrected chi connectivity index (χ2v) is 6.06. The molecule has 0 bridgehead atoms. The number of hydrogen-bond acceptors (Lipinski definition) is 6. The Hall–Kier alpha value is -2.70. The minimum Gasteiger partial charge on any atom is -0.505 e. The monoisotopic (exact) mass is 327 g/mol. The molecule has 0 aromatic carbocycles. The topological polar surface area (TPSA) is 82.5 Å². The number of anilines is 1. The highest BCUT2D eigenvalue weighted by molar-refractivity contribution is 5.94. The highest BCUT2D eigenvalue weighted by atomic mass is 16.3. The molecule has 1 aliphatic heterocycles. The Balaban J connectivity index is 1.73. The van der Waals surface area contributed by atoms with Crippen molar-refractivity contribution in [2.45, 2.75) is 25.8 Å². The third-order valence-electron chi connectivity index (χ3n) is 4.36. The largest absolute Gasteiger partial charge is 0.505 e. The van der Waals surface area contributed by atoms with E-state index in [4.69, 9.17) is 0 Å². The summed E-state index contributed by atoms with van der Waals surface area (Å²) in [5.74, 6) is 0.466. The minimum absolute atomic E-state index is 0.0377. The number of piperidine rings is 1. The first-order valence-electron chi connectivity index (χ1n) is 8.02. The van der Waals surface area contributed by atoms with Crippen LogP contribution in [0.15, 0.2) is 30.5 Å². The summed E-state index contributed by atoms with van der Waals surface area (Å²) in [7, 11) is 1.76. The second-order valence-electron chi connectivity index (χ2n) is 6.06. The molecule has 24 heavy (non-hydrogen) atoms. The lowest BCUT2D eigenvalue weighted by Gasteiger charge is -2.37. The number of hydrogen-bond donors (Lipinski definition) is 1. The van der Waals surface area contributed by atoms with Gasteiger partial charge in [-0.2, -0.15) is 5.10 Å². The first-order chi connectivity index (χ1) is 11.6.